The molecule has 0 fully saturated rings. The van der Waals surface area contributed by atoms with Crippen LogP contribution in [-0.4, -0.2) is 21.8 Å². The number of nitrogens with zero attached hydrogens (tertiary/aromatic N) is 2. The number of anilines is 1. The van der Waals surface area contributed by atoms with Crippen molar-refractivity contribution in [3.63, 3.8) is 0 Å². The van der Waals surface area contributed by atoms with Crippen molar-refractivity contribution in [1.82, 2.24) is 0 Å². The molecule has 1 aliphatic rings. The number of nitro groups is 1. The van der Waals surface area contributed by atoms with Crippen LogP contribution in [0.2, 0.25) is 0 Å². The number of aliphatic hydroxyl groups is 1. The molecule has 2 heterocycles. The zero-order valence-corrected chi connectivity index (χ0v) is 17.3. The van der Waals surface area contributed by atoms with E-state index in [1.165, 1.54) is 24.3 Å². The van der Waals surface area contributed by atoms with Crippen molar-refractivity contribution in [1.29, 1.82) is 0 Å². The molecule has 0 saturated heterocycles. The summed E-state index contributed by atoms with van der Waals surface area (Å²) >= 11 is 0. The molecule has 0 atom stereocenters. The van der Waals surface area contributed by atoms with Gasteiger partial charge < -0.3 is 9.52 Å². The lowest BCUT2D eigenvalue weighted by molar-refractivity contribution is -0.385. The number of hydrogen-bond donors (Lipinski definition) is 1. The molecular formula is C22H22N2O6. The van der Waals surface area contributed by atoms with E-state index in [4.69, 9.17) is 4.42 Å². The number of para-hydroxylation sites is 1. The van der Waals surface area contributed by atoms with Gasteiger partial charge in [0.2, 0.25) is 0 Å². The molecule has 156 valence electrons. The van der Waals surface area contributed by atoms with Crippen LogP contribution in [-0.2, 0) is 5.60 Å². The van der Waals surface area contributed by atoms with Gasteiger partial charge in [-0.05, 0) is 32.9 Å². The van der Waals surface area contributed by atoms with Crippen LogP contribution in [0.5, 0.6) is 0 Å². The third-order valence-electron chi connectivity index (χ3n) is 4.81. The van der Waals surface area contributed by atoms with E-state index in [0.29, 0.717) is 16.7 Å². The molecule has 8 nitrogen and oxygen atoms in total. The molecule has 0 radical (unpaired) electrons. The molecular weight excluding hydrogens is 388 g/mol. The Labute approximate surface area is 172 Å². The average molecular weight is 410 g/mol. The summed E-state index contributed by atoms with van der Waals surface area (Å²) in [6.45, 7) is 8.91. The summed E-state index contributed by atoms with van der Waals surface area (Å²) in [5.74, 6) is -0.980. The number of aryl methyl sites for hydroxylation is 1. The second kappa shape index (κ2) is 7.38. The van der Waals surface area contributed by atoms with Crippen molar-refractivity contribution in [3.8, 4) is 0 Å². The molecule has 0 aliphatic carbocycles. The Morgan fingerprint density at radius 3 is 2.30 bits per heavy atom. The number of furan rings is 1. The van der Waals surface area contributed by atoms with Crippen molar-refractivity contribution in [3.05, 3.63) is 69.0 Å². The molecule has 2 aromatic carbocycles. The largest absolute Gasteiger partial charge is 0.459 e. The van der Waals surface area contributed by atoms with Crippen LogP contribution >= 0.6 is 0 Å². The molecule has 0 unspecified atom stereocenters. The maximum atomic E-state index is 13.0. The SMILES string of the molecule is CC.Cc1oc2c(N3C(=O)c4cccc([N+](=O)[O-])c4C3=O)cccc2c1C(C)(C)O. The summed E-state index contributed by atoms with van der Waals surface area (Å²) in [6.07, 6.45) is 0. The summed E-state index contributed by atoms with van der Waals surface area (Å²) in [7, 11) is 0. The van der Waals surface area contributed by atoms with Gasteiger partial charge in [-0.3, -0.25) is 19.7 Å². The first kappa shape index (κ1) is 21.2. The van der Waals surface area contributed by atoms with Crippen molar-refractivity contribution in [2.75, 3.05) is 4.90 Å². The molecule has 0 bridgehead atoms. The van der Waals surface area contributed by atoms with Gasteiger partial charge in [0, 0.05) is 17.0 Å². The molecule has 3 aromatic rings. The Balaban J connectivity index is 0.00000124. The van der Waals surface area contributed by atoms with Gasteiger partial charge in [0.1, 0.15) is 11.3 Å². The topological polar surface area (TPSA) is 114 Å². The van der Waals surface area contributed by atoms with E-state index in [1.807, 2.05) is 13.8 Å². The first-order valence-electron chi connectivity index (χ1n) is 9.54. The molecule has 0 spiro atoms. The lowest BCUT2D eigenvalue weighted by Gasteiger charge is -2.17. The van der Waals surface area contributed by atoms with Crippen LogP contribution in [0, 0.1) is 17.0 Å². The van der Waals surface area contributed by atoms with E-state index in [0.717, 1.165) is 4.90 Å². The maximum Gasteiger partial charge on any atom is 0.283 e. The fraction of sp³-hybridized carbons (Fsp3) is 0.273. The molecule has 8 heteroatoms. The highest BCUT2D eigenvalue weighted by Crippen LogP contribution is 2.41. The monoisotopic (exact) mass is 410 g/mol. The van der Waals surface area contributed by atoms with Crippen LogP contribution in [0.4, 0.5) is 11.4 Å². The number of nitro benzene ring substituents is 1. The van der Waals surface area contributed by atoms with Crippen LogP contribution in [0.3, 0.4) is 0 Å². The van der Waals surface area contributed by atoms with E-state index in [-0.39, 0.29) is 22.4 Å². The second-order valence-corrected chi connectivity index (χ2v) is 7.15. The van der Waals surface area contributed by atoms with E-state index in [2.05, 4.69) is 0 Å². The highest BCUT2D eigenvalue weighted by molar-refractivity contribution is 6.37. The lowest BCUT2D eigenvalue weighted by Crippen LogP contribution is -2.29. The van der Waals surface area contributed by atoms with Crippen molar-refractivity contribution in [2.24, 2.45) is 0 Å². The number of rotatable bonds is 3. The van der Waals surface area contributed by atoms with Gasteiger partial charge in [-0.2, -0.15) is 0 Å². The summed E-state index contributed by atoms with van der Waals surface area (Å²) in [5, 5.41) is 22.3. The van der Waals surface area contributed by atoms with Crippen LogP contribution in [0.25, 0.3) is 11.0 Å². The quantitative estimate of drug-likeness (QED) is 0.380. The molecule has 4 rings (SSSR count). The predicted octanol–water partition coefficient (Wildman–Crippen LogP) is 4.70. The lowest BCUT2D eigenvalue weighted by atomic mass is 9.95. The Hall–Kier alpha value is -3.52. The van der Waals surface area contributed by atoms with Crippen molar-refractivity contribution >= 4 is 34.2 Å². The highest BCUT2D eigenvalue weighted by Gasteiger charge is 2.43. The summed E-state index contributed by atoms with van der Waals surface area (Å²) in [5.41, 5.74) is -0.895. The van der Waals surface area contributed by atoms with Gasteiger partial charge in [-0.1, -0.05) is 32.0 Å². The third-order valence-corrected chi connectivity index (χ3v) is 4.81. The molecule has 2 amide bonds. The van der Waals surface area contributed by atoms with Gasteiger partial charge in [-0.15, -0.1) is 0 Å². The predicted molar refractivity (Wildman–Crippen MR) is 112 cm³/mol. The first-order chi connectivity index (χ1) is 14.1. The number of benzene rings is 2. The van der Waals surface area contributed by atoms with Gasteiger partial charge in [0.05, 0.1) is 21.8 Å². The zero-order valence-electron chi connectivity index (χ0n) is 17.3. The zero-order chi connectivity index (χ0) is 22.4. The summed E-state index contributed by atoms with van der Waals surface area (Å²) in [6, 6.07) is 8.85. The van der Waals surface area contributed by atoms with Gasteiger partial charge in [-0.25, -0.2) is 4.90 Å². The van der Waals surface area contributed by atoms with Crippen LogP contribution < -0.4 is 4.90 Å². The van der Waals surface area contributed by atoms with Crippen LogP contribution in [0.1, 0.15) is 59.7 Å². The minimum absolute atomic E-state index is 0.0257. The normalized spacial score (nSPS) is 13.3. The van der Waals surface area contributed by atoms with Gasteiger partial charge >= 0.3 is 0 Å². The Morgan fingerprint density at radius 2 is 1.70 bits per heavy atom. The molecule has 0 saturated carbocycles. The van der Waals surface area contributed by atoms with Crippen molar-refractivity contribution < 1.29 is 24.0 Å². The number of imide groups is 1. The van der Waals surface area contributed by atoms with E-state index in [9.17, 15) is 24.8 Å². The maximum absolute atomic E-state index is 13.0. The summed E-state index contributed by atoms with van der Waals surface area (Å²) in [4.78, 5) is 37.4. The molecule has 1 aromatic heterocycles. The van der Waals surface area contributed by atoms with Gasteiger partial charge in [0.25, 0.3) is 17.5 Å². The van der Waals surface area contributed by atoms with Crippen LogP contribution in [0.15, 0.2) is 40.8 Å². The number of carbonyl (C=O) groups is 2. The number of fused-ring (bicyclic) bond motifs is 2. The standard InChI is InChI=1S/C20H16N2O6.C2H6/c1-10-16(20(2,3)25)12-7-5-9-14(17(12)28-10)21-18(23)11-6-4-8-13(22(26)27)15(11)19(21)24;1-2/h4-9,25H,1-3H3;1-2H3. The molecule has 1 N–H and O–H groups in total. The highest BCUT2D eigenvalue weighted by atomic mass is 16.6. The Kier molecular flexibility index (Phi) is 5.22. The van der Waals surface area contributed by atoms with Gasteiger partial charge in [0.15, 0.2) is 5.58 Å². The number of amides is 2. The Bertz CT molecular complexity index is 1190. The number of carbonyl (C=O) groups excluding carboxylic acids is 2. The van der Waals surface area contributed by atoms with E-state index >= 15 is 0 Å². The second-order valence-electron chi connectivity index (χ2n) is 7.15. The minimum atomic E-state index is -1.20. The third kappa shape index (κ3) is 3.05. The van der Waals surface area contributed by atoms with E-state index in [1.54, 1.807) is 32.9 Å². The summed E-state index contributed by atoms with van der Waals surface area (Å²) < 4.78 is 5.80. The minimum Gasteiger partial charge on any atom is -0.459 e. The molecule has 30 heavy (non-hydrogen) atoms. The average Bonchev–Trinajstić information content (AvgIpc) is 3.17. The smallest absolute Gasteiger partial charge is 0.283 e. The van der Waals surface area contributed by atoms with Crippen molar-refractivity contribution in [2.45, 2.75) is 40.2 Å². The fourth-order valence-corrected chi connectivity index (χ4v) is 3.80. The van der Waals surface area contributed by atoms with E-state index < -0.39 is 28.0 Å². The fourth-order valence-electron chi connectivity index (χ4n) is 3.80. The first-order valence-corrected chi connectivity index (χ1v) is 9.54. The number of hydrogen-bond acceptors (Lipinski definition) is 6. The Morgan fingerprint density at radius 1 is 1.07 bits per heavy atom. The molecule has 1 aliphatic heterocycles.